The Morgan fingerprint density at radius 2 is 1.96 bits per heavy atom. The van der Waals surface area contributed by atoms with E-state index in [4.69, 9.17) is 27.9 Å². The highest BCUT2D eigenvalue weighted by Crippen LogP contribution is 2.48. The van der Waals surface area contributed by atoms with Crippen LogP contribution in [0.5, 0.6) is 0 Å². The molecule has 1 atom stereocenters. The zero-order chi connectivity index (χ0) is 20.6. The van der Waals surface area contributed by atoms with E-state index in [1.54, 1.807) is 25.1 Å². The maximum Gasteiger partial charge on any atom is 0.336 e. The van der Waals surface area contributed by atoms with E-state index in [9.17, 15) is 9.59 Å². The summed E-state index contributed by atoms with van der Waals surface area (Å²) in [5.74, 6) is -0.947. The average molecular weight is 422 g/mol. The van der Waals surface area contributed by atoms with Crippen molar-refractivity contribution in [1.29, 1.82) is 0 Å². The third-order valence-corrected chi connectivity index (χ3v) is 5.81. The van der Waals surface area contributed by atoms with Gasteiger partial charge in [-0.05, 0) is 42.9 Å². The van der Waals surface area contributed by atoms with Crippen molar-refractivity contribution in [2.24, 2.45) is 5.41 Å². The second-order valence-electron chi connectivity index (χ2n) is 8.02. The molecule has 6 heteroatoms. The van der Waals surface area contributed by atoms with Crippen molar-refractivity contribution >= 4 is 35.0 Å². The van der Waals surface area contributed by atoms with Gasteiger partial charge in [0.05, 0.1) is 12.2 Å². The second-order valence-corrected chi connectivity index (χ2v) is 8.87. The minimum atomic E-state index is -0.557. The van der Waals surface area contributed by atoms with E-state index in [-0.39, 0.29) is 17.8 Å². The highest BCUT2D eigenvalue weighted by atomic mass is 35.5. The van der Waals surface area contributed by atoms with Gasteiger partial charge in [0.25, 0.3) is 0 Å². The van der Waals surface area contributed by atoms with Crippen molar-refractivity contribution in [2.75, 3.05) is 6.61 Å². The Morgan fingerprint density at radius 1 is 1.25 bits per heavy atom. The number of esters is 1. The van der Waals surface area contributed by atoms with Gasteiger partial charge in [0.2, 0.25) is 0 Å². The summed E-state index contributed by atoms with van der Waals surface area (Å²) in [5.41, 5.74) is 3.28. The lowest BCUT2D eigenvalue weighted by atomic mass is 9.68. The molecule has 0 aromatic heterocycles. The molecule has 0 spiro atoms. The largest absolute Gasteiger partial charge is 0.463 e. The Bertz CT molecular complexity index is 899. The van der Waals surface area contributed by atoms with Crippen LogP contribution in [0.3, 0.4) is 0 Å². The topological polar surface area (TPSA) is 55.4 Å². The third-order valence-electron chi connectivity index (χ3n) is 5.25. The van der Waals surface area contributed by atoms with Crippen LogP contribution in [-0.2, 0) is 14.3 Å². The van der Waals surface area contributed by atoms with Crippen molar-refractivity contribution in [3.63, 3.8) is 0 Å². The minimum Gasteiger partial charge on any atom is -0.463 e. The first kappa shape index (κ1) is 20.9. The number of ether oxygens (including phenoxy) is 1. The number of nitrogens with one attached hydrogen (secondary N) is 1. The minimum absolute atomic E-state index is 0.0340. The first-order valence-corrected chi connectivity index (χ1v) is 10.3. The Balaban J connectivity index is 2.25. The fourth-order valence-corrected chi connectivity index (χ4v) is 4.64. The van der Waals surface area contributed by atoms with Gasteiger partial charge in [-0.25, -0.2) is 4.79 Å². The van der Waals surface area contributed by atoms with E-state index >= 15 is 0 Å². The molecule has 0 bridgehead atoms. The molecule has 2 aliphatic rings. The normalized spacial score (nSPS) is 21.4. The molecule has 4 nitrogen and oxygen atoms in total. The molecule has 1 aromatic rings. The van der Waals surface area contributed by atoms with Crippen LogP contribution in [0.4, 0.5) is 0 Å². The van der Waals surface area contributed by atoms with Gasteiger partial charge in [-0.15, -0.1) is 0 Å². The molecular weight excluding hydrogens is 397 g/mol. The maximum atomic E-state index is 13.2. The molecule has 0 saturated heterocycles. The number of Topliss-reactive ketones (excluding diaryl/α,β-unsaturated/α-hetero) is 1. The number of hydrogen-bond acceptors (Lipinski definition) is 4. The standard InChI is InChI=1S/C22H25Cl2NO3/c1-5-15-20(21(27)28-6-2)18(13-8-7-12(23)9-14(13)24)19-16(25-15)10-22(3,4)11-17(19)26/h7-9,18,25H,5-6,10-11H2,1-4H3. The fraction of sp³-hybridized carbons (Fsp3) is 0.455. The Hall–Kier alpha value is -1.78. The van der Waals surface area contributed by atoms with Gasteiger partial charge in [-0.2, -0.15) is 0 Å². The van der Waals surface area contributed by atoms with Crippen LogP contribution in [0.1, 0.15) is 58.4 Å². The predicted octanol–water partition coefficient (Wildman–Crippen LogP) is 5.55. The number of allylic oxidation sites excluding steroid dienone is 3. The number of dihydropyridines is 1. The number of rotatable bonds is 4. The van der Waals surface area contributed by atoms with E-state index < -0.39 is 11.9 Å². The molecule has 0 fully saturated rings. The lowest BCUT2D eigenvalue weighted by molar-refractivity contribution is -0.138. The second kappa shape index (κ2) is 7.92. The summed E-state index contributed by atoms with van der Waals surface area (Å²) in [4.78, 5) is 26.1. The van der Waals surface area contributed by atoms with E-state index in [0.717, 1.165) is 17.8 Å². The quantitative estimate of drug-likeness (QED) is 0.647. The molecule has 28 heavy (non-hydrogen) atoms. The number of halogens is 2. The predicted molar refractivity (Wildman–Crippen MR) is 111 cm³/mol. The van der Waals surface area contributed by atoms with Gasteiger partial charge in [-0.3, -0.25) is 4.79 Å². The van der Waals surface area contributed by atoms with E-state index in [1.165, 1.54) is 0 Å². The lowest BCUT2D eigenvalue weighted by Gasteiger charge is -2.40. The van der Waals surface area contributed by atoms with Crippen molar-refractivity contribution in [2.45, 2.75) is 52.9 Å². The molecule has 1 aromatic carbocycles. The van der Waals surface area contributed by atoms with Crippen LogP contribution < -0.4 is 5.32 Å². The van der Waals surface area contributed by atoms with Crippen LogP contribution >= 0.6 is 23.2 Å². The van der Waals surface area contributed by atoms with Crippen LogP contribution in [0.25, 0.3) is 0 Å². The average Bonchev–Trinajstić information content (AvgIpc) is 2.59. The Kier molecular flexibility index (Phi) is 5.92. The molecular formula is C22H25Cl2NO3. The Labute approximate surface area is 175 Å². The number of carbonyl (C=O) groups excluding carboxylic acids is 2. The molecule has 150 valence electrons. The molecule has 0 saturated carbocycles. The fourth-order valence-electron chi connectivity index (χ4n) is 4.12. The van der Waals surface area contributed by atoms with Gasteiger partial charge < -0.3 is 10.1 Å². The summed E-state index contributed by atoms with van der Waals surface area (Å²) in [7, 11) is 0. The number of hydrogen-bond donors (Lipinski definition) is 1. The molecule has 1 unspecified atom stereocenters. The summed E-state index contributed by atoms with van der Waals surface area (Å²) in [5, 5.41) is 4.32. The van der Waals surface area contributed by atoms with Crippen molar-refractivity contribution in [3.8, 4) is 0 Å². The summed E-state index contributed by atoms with van der Waals surface area (Å²) in [6.45, 7) is 8.16. The van der Waals surface area contributed by atoms with Crippen molar-refractivity contribution in [1.82, 2.24) is 5.32 Å². The first-order valence-electron chi connectivity index (χ1n) is 9.57. The third kappa shape index (κ3) is 3.85. The molecule has 1 aliphatic carbocycles. The first-order chi connectivity index (χ1) is 13.2. The summed E-state index contributed by atoms with van der Waals surface area (Å²) < 4.78 is 5.34. The van der Waals surface area contributed by atoms with E-state index in [2.05, 4.69) is 19.2 Å². The molecule has 1 aliphatic heterocycles. The zero-order valence-corrected chi connectivity index (χ0v) is 18.1. The molecule has 1 N–H and O–H groups in total. The molecule has 0 radical (unpaired) electrons. The highest BCUT2D eigenvalue weighted by Gasteiger charge is 2.44. The smallest absolute Gasteiger partial charge is 0.336 e. The number of benzene rings is 1. The highest BCUT2D eigenvalue weighted by molar-refractivity contribution is 6.35. The monoisotopic (exact) mass is 421 g/mol. The van der Waals surface area contributed by atoms with Gasteiger partial charge in [0, 0.05) is 39.4 Å². The molecule has 3 rings (SSSR count). The number of carbonyl (C=O) groups is 2. The van der Waals surface area contributed by atoms with Gasteiger partial charge in [0.1, 0.15) is 0 Å². The zero-order valence-electron chi connectivity index (χ0n) is 16.6. The van der Waals surface area contributed by atoms with E-state index in [1.807, 2.05) is 6.92 Å². The van der Waals surface area contributed by atoms with Crippen LogP contribution in [0, 0.1) is 5.41 Å². The SMILES string of the molecule is CCOC(=O)C1=C(CC)NC2=C(C(=O)CC(C)(C)C2)C1c1ccc(Cl)cc1Cl. The van der Waals surface area contributed by atoms with Crippen LogP contribution in [-0.4, -0.2) is 18.4 Å². The summed E-state index contributed by atoms with van der Waals surface area (Å²) >= 11 is 12.6. The lowest BCUT2D eigenvalue weighted by Crippen LogP contribution is -2.39. The van der Waals surface area contributed by atoms with Gasteiger partial charge >= 0.3 is 5.97 Å². The summed E-state index contributed by atoms with van der Waals surface area (Å²) in [6, 6.07) is 5.17. The van der Waals surface area contributed by atoms with Crippen molar-refractivity contribution in [3.05, 3.63) is 56.3 Å². The van der Waals surface area contributed by atoms with Crippen LogP contribution in [0.2, 0.25) is 10.0 Å². The maximum absolute atomic E-state index is 13.2. The van der Waals surface area contributed by atoms with Gasteiger partial charge in [-0.1, -0.05) is 50.0 Å². The summed E-state index contributed by atoms with van der Waals surface area (Å²) in [6.07, 6.45) is 1.77. The van der Waals surface area contributed by atoms with Crippen LogP contribution in [0.15, 0.2) is 40.7 Å². The Morgan fingerprint density at radius 3 is 2.57 bits per heavy atom. The van der Waals surface area contributed by atoms with E-state index in [0.29, 0.717) is 39.6 Å². The van der Waals surface area contributed by atoms with Gasteiger partial charge in [0.15, 0.2) is 5.78 Å². The molecule has 0 amide bonds. The van der Waals surface area contributed by atoms with Crippen molar-refractivity contribution < 1.29 is 14.3 Å². The number of ketones is 1. The molecule has 1 heterocycles.